The molecule has 0 N–H and O–H groups in total. The van der Waals surface area contributed by atoms with Crippen molar-refractivity contribution in [2.45, 2.75) is 129 Å². The van der Waals surface area contributed by atoms with Crippen LogP contribution in [-0.4, -0.2) is 32.5 Å². The van der Waals surface area contributed by atoms with Crippen molar-refractivity contribution in [3.63, 3.8) is 0 Å². The quantitative estimate of drug-likeness (QED) is 0.292. The zero-order valence-corrected chi connectivity index (χ0v) is 24.7. The molecule has 2 aliphatic rings. The summed E-state index contributed by atoms with van der Waals surface area (Å²) in [4.78, 5) is 39.1. The molecule has 4 rings (SSSR count). The number of hydrogen-bond acceptors (Lipinski definition) is 6. The van der Waals surface area contributed by atoms with Gasteiger partial charge in [-0.1, -0.05) is 57.1 Å². The molecular formula is C32H47N3O5. The predicted octanol–water partition coefficient (Wildman–Crippen LogP) is 5.78. The molecule has 8 heteroatoms. The van der Waals surface area contributed by atoms with Crippen LogP contribution in [0.25, 0.3) is 0 Å². The molecule has 8 nitrogen and oxygen atoms in total. The van der Waals surface area contributed by atoms with Crippen LogP contribution in [0.4, 0.5) is 0 Å². The molecule has 0 radical (unpaired) electrons. The summed E-state index contributed by atoms with van der Waals surface area (Å²) in [5.41, 5.74) is -0.00987. The summed E-state index contributed by atoms with van der Waals surface area (Å²) in [6.45, 7) is 6.37. The molecule has 2 aliphatic carbocycles. The lowest BCUT2D eigenvalue weighted by Gasteiger charge is -2.24. The topological polar surface area (TPSA) is 92.4 Å². The van der Waals surface area contributed by atoms with Crippen LogP contribution in [-0.2, 0) is 29.0 Å². The molecule has 0 unspecified atom stereocenters. The summed E-state index contributed by atoms with van der Waals surface area (Å²) in [7, 11) is 0. The molecule has 0 amide bonds. The Hall–Kier alpha value is -2.90. The number of benzene rings is 1. The van der Waals surface area contributed by atoms with Crippen LogP contribution in [0.2, 0.25) is 0 Å². The first kappa shape index (κ1) is 30.1. The molecule has 0 spiro atoms. The van der Waals surface area contributed by atoms with Crippen molar-refractivity contribution in [2.75, 3.05) is 6.61 Å². The van der Waals surface area contributed by atoms with E-state index in [0.717, 1.165) is 50.0 Å². The second kappa shape index (κ2) is 14.1. The first-order valence-electron chi connectivity index (χ1n) is 15.5. The average molecular weight is 554 g/mol. The van der Waals surface area contributed by atoms with E-state index in [1.54, 1.807) is 25.5 Å². The second-order valence-electron chi connectivity index (χ2n) is 12.1. The number of hydrogen-bond donors (Lipinski definition) is 0. The number of carbonyl (C=O) groups is 1. The van der Waals surface area contributed by atoms with E-state index in [1.165, 1.54) is 36.7 Å². The Morgan fingerprint density at radius 3 is 2.45 bits per heavy atom. The number of aryl methyl sites for hydroxylation is 2. The summed E-state index contributed by atoms with van der Waals surface area (Å²) in [6, 6.07) is 7.61. The first-order chi connectivity index (χ1) is 19.3. The fourth-order valence-corrected chi connectivity index (χ4v) is 6.23. The fraction of sp³-hybridized carbons (Fsp3) is 0.688. The maximum atomic E-state index is 13.4. The lowest BCUT2D eigenvalue weighted by molar-refractivity contribution is -0.158. The minimum Gasteiger partial charge on any atom is -0.476 e. The highest BCUT2D eigenvalue weighted by atomic mass is 16.6. The standard InChI is InChI=1S/C32H47N3O5/c1-4-39-30(37)32(2,3)40-27-20-10-15-25(23-27)17-11-21-34-29(36)28(26-18-8-9-19-26)33-35(31(34)38)22-12-16-24-13-6-5-7-14-24/h10,15,20,23-24,26H,4-9,11-14,16-19,21-22H2,1-3H3. The summed E-state index contributed by atoms with van der Waals surface area (Å²) < 4.78 is 14.1. The first-order valence-corrected chi connectivity index (χ1v) is 15.5. The fourth-order valence-electron chi connectivity index (χ4n) is 6.23. The molecule has 0 atom stereocenters. The van der Waals surface area contributed by atoms with Crippen molar-refractivity contribution >= 4 is 5.97 Å². The summed E-state index contributed by atoms with van der Waals surface area (Å²) in [6.07, 6.45) is 14.1. The minimum absolute atomic E-state index is 0.153. The van der Waals surface area contributed by atoms with Gasteiger partial charge in [-0.25, -0.2) is 14.3 Å². The van der Waals surface area contributed by atoms with E-state index in [1.807, 2.05) is 24.3 Å². The number of ether oxygens (including phenoxy) is 2. The third-order valence-corrected chi connectivity index (χ3v) is 8.48. The van der Waals surface area contributed by atoms with Gasteiger partial charge in [-0.05, 0) is 82.9 Å². The van der Waals surface area contributed by atoms with Crippen molar-refractivity contribution in [3.8, 4) is 5.75 Å². The van der Waals surface area contributed by atoms with Gasteiger partial charge in [0.2, 0.25) is 0 Å². The number of esters is 1. The Morgan fingerprint density at radius 1 is 1.00 bits per heavy atom. The smallest absolute Gasteiger partial charge is 0.349 e. The Balaban J connectivity index is 1.44. The normalized spacial score (nSPS) is 16.8. The molecule has 1 aromatic heterocycles. The molecule has 220 valence electrons. The van der Waals surface area contributed by atoms with Gasteiger partial charge in [0.25, 0.3) is 5.56 Å². The van der Waals surface area contributed by atoms with Gasteiger partial charge in [0.15, 0.2) is 5.60 Å². The summed E-state index contributed by atoms with van der Waals surface area (Å²) in [5, 5.41) is 4.65. The third-order valence-electron chi connectivity index (χ3n) is 8.48. The lowest BCUT2D eigenvalue weighted by Crippen LogP contribution is -2.44. The largest absolute Gasteiger partial charge is 0.476 e. The van der Waals surface area contributed by atoms with E-state index in [-0.39, 0.29) is 17.2 Å². The van der Waals surface area contributed by atoms with Crippen LogP contribution in [0.3, 0.4) is 0 Å². The Morgan fingerprint density at radius 2 is 1.73 bits per heavy atom. The van der Waals surface area contributed by atoms with Crippen LogP contribution < -0.4 is 16.0 Å². The molecule has 1 heterocycles. The average Bonchev–Trinajstić information content (AvgIpc) is 3.47. The Kier molecular flexibility index (Phi) is 10.6. The predicted molar refractivity (Wildman–Crippen MR) is 156 cm³/mol. The summed E-state index contributed by atoms with van der Waals surface area (Å²) in [5.74, 6) is 1.08. The van der Waals surface area contributed by atoms with E-state index in [2.05, 4.69) is 5.10 Å². The van der Waals surface area contributed by atoms with E-state index in [0.29, 0.717) is 44.0 Å². The molecule has 1 aromatic carbocycles. The van der Waals surface area contributed by atoms with Gasteiger partial charge in [-0.3, -0.25) is 9.36 Å². The molecule has 2 fully saturated rings. The van der Waals surface area contributed by atoms with Crippen LogP contribution >= 0.6 is 0 Å². The van der Waals surface area contributed by atoms with Crippen LogP contribution in [0.1, 0.15) is 115 Å². The van der Waals surface area contributed by atoms with Crippen LogP contribution in [0, 0.1) is 5.92 Å². The monoisotopic (exact) mass is 553 g/mol. The highest BCUT2D eigenvalue weighted by Gasteiger charge is 2.31. The molecule has 2 saturated carbocycles. The maximum absolute atomic E-state index is 13.4. The zero-order chi connectivity index (χ0) is 28.5. The van der Waals surface area contributed by atoms with E-state index in [9.17, 15) is 14.4 Å². The van der Waals surface area contributed by atoms with Crippen LogP contribution in [0.5, 0.6) is 5.75 Å². The number of aromatic nitrogens is 3. The SMILES string of the molecule is CCOC(=O)C(C)(C)Oc1cccc(CCCn2c(=O)c(C3CCCC3)nn(CCCC3CCCCC3)c2=O)c1. The highest BCUT2D eigenvalue weighted by molar-refractivity contribution is 5.79. The molecule has 0 saturated heterocycles. The molecule has 40 heavy (non-hydrogen) atoms. The van der Waals surface area contributed by atoms with Crippen molar-refractivity contribution in [1.29, 1.82) is 0 Å². The zero-order valence-electron chi connectivity index (χ0n) is 24.7. The Bertz CT molecular complexity index is 1240. The van der Waals surface area contributed by atoms with Gasteiger partial charge in [0, 0.05) is 19.0 Å². The van der Waals surface area contributed by atoms with Gasteiger partial charge in [-0.2, -0.15) is 5.10 Å². The molecule has 0 bridgehead atoms. The third kappa shape index (κ3) is 7.85. The van der Waals surface area contributed by atoms with Crippen molar-refractivity contribution in [1.82, 2.24) is 14.3 Å². The van der Waals surface area contributed by atoms with Gasteiger partial charge in [0.1, 0.15) is 11.4 Å². The van der Waals surface area contributed by atoms with Crippen molar-refractivity contribution in [2.24, 2.45) is 5.92 Å². The van der Waals surface area contributed by atoms with E-state index < -0.39 is 11.6 Å². The number of nitrogens with zero attached hydrogens (tertiary/aromatic N) is 3. The number of carbonyl (C=O) groups excluding carboxylic acids is 1. The Labute approximate surface area is 238 Å². The maximum Gasteiger partial charge on any atom is 0.349 e. The molecule has 2 aromatic rings. The van der Waals surface area contributed by atoms with Gasteiger partial charge in [0.05, 0.1) is 6.61 Å². The number of rotatable bonds is 13. The van der Waals surface area contributed by atoms with Gasteiger partial charge >= 0.3 is 11.7 Å². The lowest BCUT2D eigenvalue weighted by atomic mass is 9.86. The highest BCUT2D eigenvalue weighted by Crippen LogP contribution is 2.31. The van der Waals surface area contributed by atoms with E-state index in [4.69, 9.17) is 9.47 Å². The van der Waals surface area contributed by atoms with Crippen LogP contribution in [0.15, 0.2) is 33.9 Å². The minimum atomic E-state index is -1.10. The van der Waals surface area contributed by atoms with E-state index >= 15 is 0 Å². The van der Waals surface area contributed by atoms with Gasteiger partial charge < -0.3 is 9.47 Å². The second-order valence-corrected chi connectivity index (χ2v) is 12.1. The van der Waals surface area contributed by atoms with Crippen molar-refractivity contribution < 1.29 is 14.3 Å². The summed E-state index contributed by atoms with van der Waals surface area (Å²) >= 11 is 0. The van der Waals surface area contributed by atoms with Gasteiger partial charge in [-0.15, -0.1) is 0 Å². The van der Waals surface area contributed by atoms with Crippen molar-refractivity contribution in [3.05, 3.63) is 56.4 Å². The molecule has 0 aliphatic heterocycles. The molecular weight excluding hydrogens is 506 g/mol.